The molecule has 0 saturated heterocycles. The van der Waals surface area contributed by atoms with Crippen LogP contribution in [0.15, 0.2) is 16.8 Å². The third kappa shape index (κ3) is 2.87. The Labute approximate surface area is 83.7 Å². The number of amides is 1. The molecule has 0 atom stereocenters. The third-order valence-electron chi connectivity index (χ3n) is 2.35. The average Bonchev–Trinajstić information content (AvgIpc) is 2.67. The van der Waals surface area contributed by atoms with Gasteiger partial charge in [0.25, 0.3) is 5.91 Å². The molecule has 4 heteroatoms. The largest absolute Gasteiger partial charge is 0.351 e. The lowest BCUT2D eigenvalue weighted by molar-refractivity contribution is 0.0898. The molecule has 0 spiro atoms. The number of hydrogen-bond acceptors (Lipinski definition) is 3. The molecule has 1 N–H and O–H groups in total. The van der Waals surface area contributed by atoms with Crippen molar-refractivity contribution in [3.63, 3.8) is 0 Å². The van der Waals surface area contributed by atoms with Crippen LogP contribution in [0.3, 0.4) is 0 Å². The molecule has 1 aromatic rings. The van der Waals surface area contributed by atoms with Crippen LogP contribution in [0.5, 0.6) is 0 Å². The minimum atomic E-state index is -0.205. The number of carbonyl (C=O) groups excluding carboxylic acids is 1. The van der Waals surface area contributed by atoms with Crippen LogP contribution in [0.25, 0.3) is 0 Å². The minimum Gasteiger partial charge on any atom is -0.351 e. The van der Waals surface area contributed by atoms with E-state index in [0.717, 1.165) is 6.42 Å². The topological polar surface area (TPSA) is 55.1 Å². The van der Waals surface area contributed by atoms with Gasteiger partial charge in [0.05, 0.1) is 6.20 Å². The first kappa shape index (κ1) is 10.8. The van der Waals surface area contributed by atoms with Gasteiger partial charge in [-0.1, -0.05) is 25.9 Å². The van der Waals surface area contributed by atoms with Crippen molar-refractivity contribution in [2.24, 2.45) is 5.41 Å². The van der Waals surface area contributed by atoms with Crippen molar-refractivity contribution in [2.45, 2.75) is 27.2 Å². The summed E-state index contributed by atoms with van der Waals surface area (Å²) in [5, 5.41) is 6.28. The number of carbonyl (C=O) groups is 1. The molecule has 0 aliphatic heterocycles. The summed E-state index contributed by atoms with van der Waals surface area (Å²) in [5.74, 6) is 0.0564. The molecule has 0 aromatic carbocycles. The van der Waals surface area contributed by atoms with E-state index in [1.807, 2.05) is 0 Å². The smallest absolute Gasteiger partial charge is 0.289 e. The molecular weight excluding hydrogens is 180 g/mol. The number of nitrogens with one attached hydrogen (secondary N) is 1. The number of aromatic nitrogens is 1. The number of nitrogens with zero attached hydrogens (tertiary/aromatic N) is 1. The fourth-order valence-corrected chi connectivity index (χ4v) is 0.865. The molecule has 0 bridgehead atoms. The second kappa shape index (κ2) is 4.26. The maximum atomic E-state index is 11.4. The third-order valence-corrected chi connectivity index (χ3v) is 2.35. The molecule has 78 valence electrons. The molecular formula is C10H16N2O2. The van der Waals surface area contributed by atoms with Crippen LogP contribution < -0.4 is 5.32 Å². The summed E-state index contributed by atoms with van der Waals surface area (Å²) >= 11 is 0. The SMILES string of the molecule is CCC(C)(C)CNC(=O)c1ccno1. The lowest BCUT2D eigenvalue weighted by Gasteiger charge is -2.22. The van der Waals surface area contributed by atoms with Crippen LogP contribution in [0.2, 0.25) is 0 Å². The summed E-state index contributed by atoms with van der Waals surface area (Å²) in [7, 11) is 0. The number of rotatable bonds is 4. The van der Waals surface area contributed by atoms with Crippen LogP contribution in [-0.4, -0.2) is 17.6 Å². The van der Waals surface area contributed by atoms with Crippen molar-refractivity contribution in [3.8, 4) is 0 Å². The second-order valence-electron chi connectivity index (χ2n) is 4.08. The van der Waals surface area contributed by atoms with E-state index in [1.54, 1.807) is 6.07 Å². The minimum absolute atomic E-state index is 0.121. The molecule has 0 radical (unpaired) electrons. The van der Waals surface area contributed by atoms with Crippen molar-refractivity contribution in [1.29, 1.82) is 0 Å². The Bertz CT molecular complexity index is 291. The Balaban J connectivity index is 2.43. The van der Waals surface area contributed by atoms with Crippen molar-refractivity contribution >= 4 is 5.91 Å². The van der Waals surface area contributed by atoms with Crippen LogP contribution in [0.4, 0.5) is 0 Å². The van der Waals surface area contributed by atoms with Gasteiger partial charge in [-0.2, -0.15) is 0 Å². The monoisotopic (exact) mass is 196 g/mol. The zero-order chi connectivity index (χ0) is 10.6. The van der Waals surface area contributed by atoms with Crippen LogP contribution in [-0.2, 0) is 0 Å². The number of hydrogen-bond donors (Lipinski definition) is 1. The molecule has 0 unspecified atom stereocenters. The molecule has 4 nitrogen and oxygen atoms in total. The quantitative estimate of drug-likeness (QED) is 0.799. The van der Waals surface area contributed by atoms with Crippen molar-refractivity contribution in [1.82, 2.24) is 10.5 Å². The van der Waals surface area contributed by atoms with E-state index in [1.165, 1.54) is 6.20 Å². The maximum absolute atomic E-state index is 11.4. The van der Waals surface area contributed by atoms with E-state index in [0.29, 0.717) is 6.54 Å². The van der Waals surface area contributed by atoms with Gasteiger partial charge in [0, 0.05) is 12.6 Å². The van der Waals surface area contributed by atoms with E-state index < -0.39 is 0 Å². The van der Waals surface area contributed by atoms with Gasteiger partial charge in [0.2, 0.25) is 5.76 Å². The average molecular weight is 196 g/mol. The van der Waals surface area contributed by atoms with Gasteiger partial charge in [0.1, 0.15) is 0 Å². The van der Waals surface area contributed by atoms with Gasteiger partial charge in [0.15, 0.2) is 0 Å². The molecule has 0 aliphatic carbocycles. The van der Waals surface area contributed by atoms with E-state index in [4.69, 9.17) is 4.52 Å². The Kier molecular flexibility index (Phi) is 3.28. The predicted octanol–water partition coefficient (Wildman–Crippen LogP) is 1.84. The van der Waals surface area contributed by atoms with Crippen LogP contribution in [0, 0.1) is 5.41 Å². The summed E-state index contributed by atoms with van der Waals surface area (Å²) in [4.78, 5) is 11.4. The van der Waals surface area contributed by atoms with Crippen LogP contribution >= 0.6 is 0 Å². The van der Waals surface area contributed by atoms with Gasteiger partial charge < -0.3 is 9.84 Å². The molecule has 0 fully saturated rings. The zero-order valence-electron chi connectivity index (χ0n) is 8.83. The summed E-state index contributed by atoms with van der Waals surface area (Å²) in [6.07, 6.45) is 2.48. The van der Waals surface area contributed by atoms with Gasteiger partial charge in [-0.05, 0) is 11.8 Å². The fraction of sp³-hybridized carbons (Fsp3) is 0.600. The molecule has 0 aliphatic rings. The maximum Gasteiger partial charge on any atom is 0.289 e. The van der Waals surface area contributed by atoms with Gasteiger partial charge in [-0.25, -0.2) is 0 Å². The lowest BCUT2D eigenvalue weighted by Crippen LogP contribution is -2.33. The lowest BCUT2D eigenvalue weighted by atomic mass is 9.90. The highest BCUT2D eigenvalue weighted by Crippen LogP contribution is 2.17. The van der Waals surface area contributed by atoms with E-state index in [2.05, 4.69) is 31.2 Å². The van der Waals surface area contributed by atoms with Gasteiger partial charge in [-0.3, -0.25) is 4.79 Å². The van der Waals surface area contributed by atoms with Crippen LogP contribution in [0.1, 0.15) is 37.7 Å². The van der Waals surface area contributed by atoms with E-state index in [9.17, 15) is 4.79 Å². The Morgan fingerprint density at radius 3 is 2.86 bits per heavy atom. The fourth-order valence-electron chi connectivity index (χ4n) is 0.865. The first-order chi connectivity index (χ1) is 6.55. The van der Waals surface area contributed by atoms with Crippen molar-refractivity contribution in [2.75, 3.05) is 6.54 Å². The summed E-state index contributed by atoms with van der Waals surface area (Å²) < 4.78 is 4.73. The highest BCUT2D eigenvalue weighted by Gasteiger charge is 2.17. The normalized spacial score (nSPS) is 11.4. The Morgan fingerprint density at radius 2 is 2.36 bits per heavy atom. The summed E-state index contributed by atoms with van der Waals surface area (Å²) in [5.41, 5.74) is 0.121. The first-order valence-corrected chi connectivity index (χ1v) is 4.74. The molecule has 14 heavy (non-hydrogen) atoms. The molecule has 0 saturated carbocycles. The molecule has 1 heterocycles. The molecule has 1 amide bonds. The van der Waals surface area contributed by atoms with E-state index in [-0.39, 0.29) is 17.1 Å². The Hall–Kier alpha value is -1.32. The summed E-state index contributed by atoms with van der Waals surface area (Å²) in [6.45, 7) is 6.95. The predicted molar refractivity (Wildman–Crippen MR) is 52.9 cm³/mol. The van der Waals surface area contributed by atoms with Crippen molar-refractivity contribution < 1.29 is 9.32 Å². The Morgan fingerprint density at radius 1 is 1.64 bits per heavy atom. The first-order valence-electron chi connectivity index (χ1n) is 4.74. The highest BCUT2D eigenvalue weighted by molar-refractivity contribution is 5.91. The molecule has 1 aromatic heterocycles. The van der Waals surface area contributed by atoms with E-state index >= 15 is 0 Å². The van der Waals surface area contributed by atoms with Gasteiger partial charge in [-0.15, -0.1) is 0 Å². The highest BCUT2D eigenvalue weighted by atomic mass is 16.5. The molecule has 1 rings (SSSR count). The van der Waals surface area contributed by atoms with Gasteiger partial charge >= 0.3 is 0 Å². The summed E-state index contributed by atoms with van der Waals surface area (Å²) in [6, 6.07) is 1.55. The standard InChI is InChI=1S/C10H16N2O2/c1-4-10(2,3)7-11-9(13)8-5-6-12-14-8/h5-6H,4,7H2,1-3H3,(H,11,13). The van der Waals surface area contributed by atoms with Crippen molar-refractivity contribution in [3.05, 3.63) is 18.0 Å². The zero-order valence-corrected chi connectivity index (χ0v) is 8.83. The second-order valence-corrected chi connectivity index (χ2v) is 4.08.